The van der Waals surface area contributed by atoms with Gasteiger partial charge in [0.1, 0.15) is 16.5 Å². The van der Waals surface area contributed by atoms with Gasteiger partial charge in [0.2, 0.25) is 0 Å². The van der Waals surface area contributed by atoms with Gasteiger partial charge in [-0.15, -0.1) is 0 Å². The molecule has 0 aliphatic carbocycles. The molecular weight excluding hydrogens is 194 g/mol. The highest BCUT2D eigenvalue weighted by Crippen LogP contribution is 2.31. The normalized spacial score (nSPS) is 40.9. The van der Waals surface area contributed by atoms with Crippen molar-refractivity contribution in [2.75, 3.05) is 5.75 Å². The van der Waals surface area contributed by atoms with Crippen LogP contribution in [0.5, 0.6) is 0 Å². The highest BCUT2D eigenvalue weighted by atomic mass is 32.2. The third kappa shape index (κ3) is 2.74. The topological polar surface area (TPSA) is 35.4 Å². The Morgan fingerprint density at radius 2 is 2.14 bits per heavy atom. The van der Waals surface area contributed by atoms with E-state index in [2.05, 4.69) is 18.8 Å². The molecule has 1 saturated heterocycles. The molecule has 1 fully saturated rings. The lowest BCUT2D eigenvalue weighted by Gasteiger charge is -2.34. The highest BCUT2D eigenvalue weighted by molar-refractivity contribution is 7.92. The Balaban J connectivity index is 2.77. The first-order valence-electron chi connectivity index (χ1n) is 5.47. The third-order valence-electron chi connectivity index (χ3n) is 3.22. The van der Waals surface area contributed by atoms with Crippen molar-refractivity contribution in [2.45, 2.75) is 57.2 Å². The fourth-order valence-electron chi connectivity index (χ4n) is 2.03. The van der Waals surface area contributed by atoms with Crippen molar-refractivity contribution in [3.8, 4) is 0 Å². The van der Waals surface area contributed by atoms with Crippen LogP contribution >= 0.6 is 0 Å². The van der Waals surface area contributed by atoms with Crippen LogP contribution in [0.3, 0.4) is 0 Å². The molecule has 3 atom stereocenters. The van der Waals surface area contributed by atoms with Gasteiger partial charge in [0, 0.05) is 0 Å². The molecule has 0 amide bonds. The summed E-state index contributed by atoms with van der Waals surface area (Å²) in [5.41, 5.74) is -0.0972. The zero-order chi connectivity index (χ0) is 10.6. The zero-order valence-corrected chi connectivity index (χ0v) is 10.3. The summed E-state index contributed by atoms with van der Waals surface area (Å²) in [5.74, 6) is 0.857. The van der Waals surface area contributed by atoms with Crippen LogP contribution in [0.15, 0.2) is 4.99 Å². The fourth-order valence-corrected chi connectivity index (χ4v) is 3.62. The zero-order valence-electron chi connectivity index (χ0n) is 9.45. The largest absolute Gasteiger partial charge is 0.616 e. The van der Waals surface area contributed by atoms with Crippen LogP contribution in [0.1, 0.15) is 46.5 Å². The van der Waals surface area contributed by atoms with E-state index in [0.717, 1.165) is 18.6 Å². The quantitative estimate of drug-likeness (QED) is 0.489. The monoisotopic (exact) mass is 215 g/mol. The second-order valence-corrected chi connectivity index (χ2v) is 6.16. The lowest BCUT2D eigenvalue weighted by molar-refractivity contribution is 0.390. The first-order chi connectivity index (χ1) is 6.60. The molecule has 82 valence electrons. The third-order valence-corrected chi connectivity index (χ3v) is 5.21. The van der Waals surface area contributed by atoms with Crippen molar-refractivity contribution in [1.82, 2.24) is 0 Å². The van der Waals surface area contributed by atoms with Gasteiger partial charge in [-0.05, 0) is 57.4 Å². The molecule has 0 aromatic heterocycles. The Bertz CT molecular complexity index is 207. The Labute approximate surface area is 90.4 Å². The summed E-state index contributed by atoms with van der Waals surface area (Å²) < 4.78 is 11.9. The smallest absolute Gasteiger partial charge is 0.137 e. The minimum Gasteiger partial charge on any atom is -0.616 e. The van der Waals surface area contributed by atoms with Gasteiger partial charge in [0.15, 0.2) is 0 Å². The Morgan fingerprint density at radius 1 is 1.43 bits per heavy atom. The predicted octanol–water partition coefficient (Wildman–Crippen LogP) is 2.55. The highest BCUT2D eigenvalue weighted by Gasteiger charge is 2.38. The minimum atomic E-state index is -0.698. The molecular formula is C11H21NOS. The summed E-state index contributed by atoms with van der Waals surface area (Å²) >= 11 is -0.698. The summed E-state index contributed by atoms with van der Waals surface area (Å²) in [6, 6.07) is 0. The second kappa shape index (κ2) is 5.17. The van der Waals surface area contributed by atoms with E-state index in [1.165, 1.54) is 12.8 Å². The molecule has 1 aliphatic heterocycles. The molecule has 0 N–H and O–H groups in total. The van der Waals surface area contributed by atoms with Gasteiger partial charge < -0.3 is 4.55 Å². The van der Waals surface area contributed by atoms with E-state index in [9.17, 15) is 4.55 Å². The number of hydrogen-bond acceptors (Lipinski definition) is 2. The molecule has 0 aromatic carbocycles. The van der Waals surface area contributed by atoms with Crippen LogP contribution in [-0.2, 0) is 11.2 Å². The predicted molar refractivity (Wildman–Crippen MR) is 63.5 cm³/mol. The van der Waals surface area contributed by atoms with Gasteiger partial charge in [-0.1, -0.05) is 6.42 Å². The van der Waals surface area contributed by atoms with E-state index >= 15 is 0 Å². The molecule has 0 bridgehead atoms. The van der Waals surface area contributed by atoms with Crippen LogP contribution < -0.4 is 0 Å². The SMILES string of the molecule is C/C=N\[C@@]1(C)CCCCC[S+]([O-])C1C. The maximum absolute atomic E-state index is 11.9. The van der Waals surface area contributed by atoms with Gasteiger partial charge in [0.05, 0.1) is 0 Å². The molecule has 2 nitrogen and oxygen atoms in total. The first-order valence-corrected chi connectivity index (χ1v) is 6.85. The lowest BCUT2D eigenvalue weighted by atomic mass is 9.91. The van der Waals surface area contributed by atoms with Crippen molar-refractivity contribution in [1.29, 1.82) is 0 Å². The maximum Gasteiger partial charge on any atom is 0.137 e. The molecule has 14 heavy (non-hydrogen) atoms. The molecule has 1 rings (SSSR count). The molecule has 1 heterocycles. The van der Waals surface area contributed by atoms with Gasteiger partial charge >= 0.3 is 0 Å². The van der Waals surface area contributed by atoms with E-state index in [1.54, 1.807) is 0 Å². The molecule has 3 heteroatoms. The summed E-state index contributed by atoms with van der Waals surface area (Å²) in [4.78, 5) is 4.53. The summed E-state index contributed by atoms with van der Waals surface area (Å²) in [6.07, 6.45) is 6.46. The average molecular weight is 215 g/mol. The van der Waals surface area contributed by atoms with Gasteiger partial charge in [-0.3, -0.25) is 4.99 Å². The molecule has 0 saturated carbocycles. The Hall–Kier alpha value is -0.0200. The van der Waals surface area contributed by atoms with Crippen molar-refractivity contribution in [3.05, 3.63) is 0 Å². The number of aliphatic imine (C=N–C) groups is 1. The summed E-state index contributed by atoms with van der Waals surface area (Å²) in [5, 5.41) is 0.194. The minimum absolute atomic E-state index is 0.0972. The van der Waals surface area contributed by atoms with Crippen LogP contribution in [0, 0.1) is 0 Å². The average Bonchev–Trinajstić information content (AvgIpc) is 2.15. The van der Waals surface area contributed by atoms with Crippen molar-refractivity contribution >= 4 is 17.4 Å². The van der Waals surface area contributed by atoms with Crippen molar-refractivity contribution in [2.24, 2.45) is 4.99 Å². The first kappa shape index (κ1) is 12.1. The molecule has 2 unspecified atom stereocenters. The number of nitrogens with zero attached hydrogens (tertiary/aromatic N) is 1. The summed E-state index contributed by atoms with van der Waals surface area (Å²) in [7, 11) is 0. The van der Waals surface area contributed by atoms with E-state index < -0.39 is 11.2 Å². The molecule has 0 radical (unpaired) electrons. The Morgan fingerprint density at radius 3 is 2.79 bits per heavy atom. The van der Waals surface area contributed by atoms with Crippen LogP contribution in [0.2, 0.25) is 0 Å². The molecule has 0 aromatic rings. The van der Waals surface area contributed by atoms with Gasteiger partial charge in [-0.25, -0.2) is 0 Å². The Kier molecular flexibility index (Phi) is 4.45. The van der Waals surface area contributed by atoms with E-state index in [1.807, 2.05) is 13.1 Å². The van der Waals surface area contributed by atoms with Gasteiger partial charge in [0.25, 0.3) is 0 Å². The second-order valence-electron chi connectivity index (χ2n) is 4.28. The molecule has 0 spiro atoms. The van der Waals surface area contributed by atoms with E-state index in [4.69, 9.17) is 0 Å². The van der Waals surface area contributed by atoms with Crippen LogP contribution in [-0.4, -0.2) is 27.3 Å². The van der Waals surface area contributed by atoms with Crippen molar-refractivity contribution < 1.29 is 4.55 Å². The lowest BCUT2D eigenvalue weighted by Crippen LogP contribution is -2.43. The van der Waals surface area contributed by atoms with Crippen LogP contribution in [0.4, 0.5) is 0 Å². The van der Waals surface area contributed by atoms with Crippen LogP contribution in [0.25, 0.3) is 0 Å². The maximum atomic E-state index is 11.9. The standard InChI is InChI=1S/C11H21NOS/c1-4-12-11(3)8-6-5-7-9-14(13)10(11)2/h4,10H,5-9H2,1-3H3/b12-4-/t10?,11-,14?/m0/s1. The fraction of sp³-hybridized carbons (Fsp3) is 0.909. The molecule has 1 aliphatic rings. The van der Waals surface area contributed by atoms with E-state index in [-0.39, 0.29) is 10.8 Å². The number of rotatable bonds is 1. The van der Waals surface area contributed by atoms with Gasteiger partial charge in [-0.2, -0.15) is 0 Å². The summed E-state index contributed by atoms with van der Waals surface area (Å²) in [6.45, 7) is 6.16. The van der Waals surface area contributed by atoms with Crippen molar-refractivity contribution in [3.63, 3.8) is 0 Å². The number of hydrogen-bond donors (Lipinski definition) is 0. The van der Waals surface area contributed by atoms with E-state index in [0.29, 0.717) is 0 Å².